The molecule has 0 bridgehead atoms. The third-order valence-electron chi connectivity index (χ3n) is 5.12. The molecule has 32 heavy (non-hydrogen) atoms. The fraction of sp³-hybridized carbons (Fsp3) is 0.500. The molecular formula is C24H34N4O4. The number of hydrogen-bond acceptors (Lipinski definition) is 5. The Kier molecular flexibility index (Phi) is 10.6. The molecule has 0 aliphatic carbocycles. The van der Waals surface area contributed by atoms with Gasteiger partial charge in [-0.1, -0.05) is 44.7 Å². The molecule has 0 saturated heterocycles. The Morgan fingerprint density at radius 1 is 1.12 bits per heavy atom. The third kappa shape index (κ3) is 7.92. The van der Waals surface area contributed by atoms with Gasteiger partial charge in [-0.2, -0.15) is 0 Å². The van der Waals surface area contributed by atoms with E-state index >= 15 is 0 Å². The maximum Gasteiger partial charge on any atom is 0.321 e. The van der Waals surface area contributed by atoms with Crippen molar-refractivity contribution in [3.63, 3.8) is 0 Å². The van der Waals surface area contributed by atoms with E-state index in [0.717, 1.165) is 24.1 Å². The number of aliphatic carboxylic acids is 1. The summed E-state index contributed by atoms with van der Waals surface area (Å²) in [5.41, 5.74) is 2.11. The number of urea groups is 1. The van der Waals surface area contributed by atoms with Crippen LogP contribution < -0.4 is 10.2 Å². The van der Waals surface area contributed by atoms with Gasteiger partial charge in [-0.15, -0.1) is 0 Å². The van der Waals surface area contributed by atoms with Gasteiger partial charge in [0.1, 0.15) is 0 Å². The summed E-state index contributed by atoms with van der Waals surface area (Å²) in [7, 11) is 1.73. The first-order valence-electron chi connectivity index (χ1n) is 11.2. The number of carboxylic acids is 1. The Bertz CT molecular complexity index is 857. The summed E-state index contributed by atoms with van der Waals surface area (Å²) in [5, 5.41) is 12.0. The molecule has 2 aromatic rings. The lowest BCUT2D eigenvalue weighted by atomic mass is 10.1. The van der Waals surface area contributed by atoms with E-state index in [0.29, 0.717) is 24.5 Å². The number of benzene rings is 1. The lowest BCUT2D eigenvalue weighted by Gasteiger charge is -2.19. The zero-order valence-corrected chi connectivity index (χ0v) is 19.2. The summed E-state index contributed by atoms with van der Waals surface area (Å²) in [5.74, 6) is -0.451. The summed E-state index contributed by atoms with van der Waals surface area (Å²) in [6.45, 7) is 5.05. The second-order valence-electron chi connectivity index (χ2n) is 7.64. The zero-order chi connectivity index (χ0) is 23.3. The first-order chi connectivity index (χ1) is 15.5. The Hall–Kier alpha value is -3.00. The third-order valence-corrected chi connectivity index (χ3v) is 5.12. The molecule has 2 rings (SSSR count). The van der Waals surface area contributed by atoms with E-state index < -0.39 is 12.1 Å². The highest BCUT2D eigenvalue weighted by Crippen LogP contribution is 2.24. The van der Waals surface area contributed by atoms with Crippen LogP contribution in [0.2, 0.25) is 0 Å². The van der Waals surface area contributed by atoms with Gasteiger partial charge in [-0.25, -0.2) is 14.8 Å². The van der Waals surface area contributed by atoms with Crippen molar-refractivity contribution in [1.82, 2.24) is 15.3 Å². The number of nitrogens with one attached hydrogen (secondary N) is 1. The van der Waals surface area contributed by atoms with Crippen LogP contribution in [0.25, 0.3) is 11.4 Å². The molecule has 174 valence electrons. The highest BCUT2D eigenvalue weighted by molar-refractivity contribution is 5.92. The topological polar surface area (TPSA) is 105 Å². The second kappa shape index (κ2) is 13.4. The number of unbranched alkanes of at least 4 members (excludes halogenated alkanes) is 4. The Labute approximate surface area is 190 Å². The molecule has 1 aromatic carbocycles. The molecule has 2 N–H and O–H groups in total. The number of anilines is 1. The summed E-state index contributed by atoms with van der Waals surface area (Å²) >= 11 is 0. The van der Waals surface area contributed by atoms with Crippen molar-refractivity contribution < 1.29 is 19.4 Å². The minimum absolute atomic E-state index is 0.148. The smallest absolute Gasteiger partial charge is 0.321 e. The number of carboxylic acid groups (broad SMARTS) is 1. The van der Waals surface area contributed by atoms with Crippen molar-refractivity contribution in [3.8, 4) is 11.4 Å². The van der Waals surface area contributed by atoms with Crippen LogP contribution in [-0.2, 0) is 9.53 Å². The average molecular weight is 443 g/mol. The van der Waals surface area contributed by atoms with Gasteiger partial charge in [-0.3, -0.25) is 9.69 Å². The van der Waals surface area contributed by atoms with Crippen LogP contribution >= 0.6 is 0 Å². The van der Waals surface area contributed by atoms with Crippen molar-refractivity contribution in [1.29, 1.82) is 0 Å². The molecule has 8 nitrogen and oxygen atoms in total. The monoisotopic (exact) mass is 442 g/mol. The number of carbonyl (C=O) groups excluding carboxylic acids is 1. The fourth-order valence-electron chi connectivity index (χ4n) is 3.30. The molecule has 1 atom stereocenters. The molecule has 0 fully saturated rings. The van der Waals surface area contributed by atoms with Crippen LogP contribution in [0.5, 0.6) is 0 Å². The lowest BCUT2D eigenvalue weighted by Crippen LogP contribution is -2.37. The predicted molar refractivity (Wildman–Crippen MR) is 125 cm³/mol. The molecule has 0 aliphatic heterocycles. The Morgan fingerprint density at radius 3 is 2.50 bits per heavy atom. The van der Waals surface area contributed by atoms with Gasteiger partial charge in [0.2, 0.25) is 0 Å². The van der Waals surface area contributed by atoms with E-state index in [1.54, 1.807) is 24.3 Å². The van der Waals surface area contributed by atoms with Crippen LogP contribution in [-0.4, -0.2) is 47.3 Å². The summed E-state index contributed by atoms with van der Waals surface area (Å²) in [4.78, 5) is 33.9. The predicted octanol–water partition coefficient (Wildman–Crippen LogP) is 4.81. The summed E-state index contributed by atoms with van der Waals surface area (Å²) < 4.78 is 5.51. The molecule has 0 saturated carbocycles. The Morgan fingerprint density at radius 2 is 1.84 bits per heavy atom. The molecule has 0 radical (unpaired) electrons. The van der Waals surface area contributed by atoms with Gasteiger partial charge in [-0.05, 0) is 25.5 Å². The van der Waals surface area contributed by atoms with Crippen LogP contribution in [0.3, 0.4) is 0 Å². The Balaban J connectivity index is 2.02. The highest BCUT2D eigenvalue weighted by atomic mass is 16.5. The molecule has 0 unspecified atom stereocenters. The number of amides is 2. The first kappa shape index (κ1) is 25.3. The minimum Gasteiger partial charge on any atom is -0.481 e. The van der Waals surface area contributed by atoms with Crippen LogP contribution in [0, 0.1) is 0 Å². The number of nitrogens with zero attached hydrogens (tertiary/aromatic N) is 3. The zero-order valence-electron chi connectivity index (χ0n) is 19.2. The van der Waals surface area contributed by atoms with E-state index in [-0.39, 0.29) is 12.5 Å². The fourth-order valence-corrected chi connectivity index (χ4v) is 3.30. The van der Waals surface area contributed by atoms with E-state index in [1.807, 2.05) is 31.2 Å². The van der Waals surface area contributed by atoms with Crippen molar-refractivity contribution >= 4 is 17.7 Å². The lowest BCUT2D eigenvalue weighted by molar-refractivity contribution is -0.140. The van der Waals surface area contributed by atoms with Gasteiger partial charge in [0.15, 0.2) is 5.82 Å². The SMILES string of the molecule is CCCCCCCNC(=O)N(C)c1cccc(-c2ncc([C@H](CC(=O)O)OCC)cn2)c1. The summed E-state index contributed by atoms with van der Waals surface area (Å²) in [6, 6.07) is 7.28. The molecular weight excluding hydrogens is 408 g/mol. The van der Waals surface area contributed by atoms with Gasteiger partial charge >= 0.3 is 12.0 Å². The number of aromatic nitrogens is 2. The maximum atomic E-state index is 12.5. The standard InChI is InChI=1S/C24H34N4O4/c1-4-6-7-8-9-13-25-24(31)28(3)20-12-10-11-18(14-20)23-26-16-19(17-27-23)21(32-5-2)15-22(29)30/h10-12,14,16-17,21H,4-9,13,15H2,1-3H3,(H,25,31)(H,29,30)/t21-/m0/s1. The average Bonchev–Trinajstić information content (AvgIpc) is 2.80. The van der Waals surface area contributed by atoms with Crippen molar-refractivity contribution in [2.45, 2.75) is 58.5 Å². The number of ether oxygens (including phenoxy) is 1. The molecule has 8 heteroatoms. The quantitative estimate of drug-likeness (QED) is 0.431. The summed E-state index contributed by atoms with van der Waals surface area (Å²) in [6.07, 6.45) is 8.18. The van der Waals surface area contributed by atoms with Crippen molar-refractivity contribution in [3.05, 3.63) is 42.2 Å². The van der Waals surface area contributed by atoms with E-state index in [9.17, 15) is 9.59 Å². The molecule has 0 aliphatic rings. The van der Waals surface area contributed by atoms with Crippen LogP contribution in [0.15, 0.2) is 36.7 Å². The number of rotatable bonds is 13. The van der Waals surface area contributed by atoms with Gasteiger partial charge in [0.05, 0.1) is 12.5 Å². The number of hydrogen-bond donors (Lipinski definition) is 2. The van der Waals surface area contributed by atoms with Gasteiger partial charge in [0.25, 0.3) is 0 Å². The highest BCUT2D eigenvalue weighted by Gasteiger charge is 2.17. The van der Waals surface area contributed by atoms with E-state index in [4.69, 9.17) is 9.84 Å². The molecule has 1 heterocycles. The van der Waals surface area contributed by atoms with Crippen molar-refractivity contribution in [2.75, 3.05) is 25.1 Å². The molecule has 0 spiro atoms. The van der Waals surface area contributed by atoms with E-state index in [2.05, 4.69) is 22.2 Å². The molecule has 1 aromatic heterocycles. The number of carbonyl (C=O) groups is 2. The van der Waals surface area contributed by atoms with Crippen LogP contribution in [0.1, 0.15) is 64.0 Å². The first-order valence-corrected chi connectivity index (χ1v) is 11.2. The van der Waals surface area contributed by atoms with Crippen LogP contribution in [0.4, 0.5) is 10.5 Å². The van der Waals surface area contributed by atoms with E-state index in [1.165, 1.54) is 19.3 Å². The van der Waals surface area contributed by atoms with Crippen molar-refractivity contribution in [2.24, 2.45) is 0 Å². The van der Waals surface area contributed by atoms with Gasteiger partial charge < -0.3 is 15.2 Å². The normalized spacial score (nSPS) is 11.7. The second-order valence-corrected chi connectivity index (χ2v) is 7.64. The maximum absolute atomic E-state index is 12.5. The van der Waals surface area contributed by atoms with Gasteiger partial charge in [0, 0.05) is 49.4 Å². The minimum atomic E-state index is -0.942. The molecule has 2 amide bonds. The largest absolute Gasteiger partial charge is 0.481 e.